The van der Waals surface area contributed by atoms with Gasteiger partial charge < -0.3 is 16.5 Å². The summed E-state index contributed by atoms with van der Waals surface area (Å²) in [5.74, 6) is 4.47. The minimum Gasteiger partial charge on any atom is -0.368 e. The van der Waals surface area contributed by atoms with E-state index in [1.807, 2.05) is 0 Å². The van der Waals surface area contributed by atoms with E-state index in [4.69, 9.17) is 11.6 Å². The number of carbonyl (C=O) groups excluding carboxylic acids is 2. The number of hydrogen-bond donors (Lipinski definition) is 4. The first-order chi connectivity index (χ1) is 7.13. The highest BCUT2D eigenvalue weighted by atomic mass is 16.2. The van der Waals surface area contributed by atoms with Gasteiger partial charge in [0.05, 0.1) is 6.54 Å². The number of nitrogens with one attached hydrogen (secondary N) is 2. The smallest absolute Gasteiger partial charge is 0.251 e. The number of rotatable bonds is 4. The fourth-order valence-corrected chi connectivity index (χ4v) is 0.920. The molecule has 2 amide bonds. The Morgan fingerprint density at radius 3 is 2.80 bits per heavy atom. The van der Waals surface area contributed by atoms with Crippen molar-refractivity contribution in [3.05, 3.63) is 23.9 Å². The number of primary amides is 1. The summed E-state index contributed by atoms with van der Waals surface area (Å²) in [6, 6.07) is 2.95. The molecular formula is C8H11N5O2. The van der Waals surface area contributed by atoms with Gasteiger partial charge in [0.15, 0.2) is 0 Å². The molecule has 15 heavy (non-hydrogen) atoms. The third-order valence-electron chi connectivity index (χ3n) is 1.59. The first-order valence-corrected chi connectivity index (χ1v) is 4.12. The number of pyridine rings is 1. The number of nitrogens with two attached hydrogens (primary N) is 2. The second-order valence-electron chi connectivity index (χ2n) is 2.72. The Kier molecular flexibility index (Phi) is 3.58. The van der Waals surface area contributed by atoms with Gasteiger partial charge >= 0.3 is 0 Å². The zero-order valence-electron chi connectivity index (χ0n) is 7.86. The topological polar surface area (TPSA) is 123 Å². The van der Waals surface area contributed by atoms with Crippen molar-refractivity contribution in [2.24, 2.45) is 11.6 Å². The lowest BCUT2D eigenvalue weighted by Crippen LogP contribution is -2.33. The predicted molar refractivity (Wildman–Crippen MR) is 53.6 cm³/mol. The van der Waals surface area contributed by atoms with Crippen LogP contribution in [-0.4, -0.2) is 23.3 Å². The van der Waals surface area contributed by atoms with Gasteiger partial charge in [-0.1, -0.05) is 0 Å². The van der Waals surface area contributed by atoms with Crippen LogP contribution in [0.5, 0.6) is 0 Å². The number of aromatic nitrogens is 1. The number of amides is 2. The predicted octanol–water partition coefficient (Wildman–Crippen LogP) is -1.42. The number of hydrogen-bond acceptors (Lipinski definition) is 5. The summed E-state index contributed by atoms with van der Waals surface area (Å²) >= 11 is 0. The molecule has 1 heterocycles. The van der Waals surface area contributed by atoms with E-state index in [1.165, 1.54) is 18.3 Å². The molecule has 0 saturated heterocycles. The summed E-state index contributed by atoms with van der Waals surface area (Å²) in [6.45, 7) is -0.202. The minimum atomic E-state index is -0.602. The molecule has 80 valence electrons. The van der Waals surface area contributed by atoms with Crippen LogP contribution < -0.4 is 22.3 Å². The number of nitrogen functional groups attached to an aromatic ring is 1. The zero-order valence-corrected chi connectivity index (χ0v) is 7.86. The first-order valence-electron chi connectivity index (χ1n) is 4.12. The highest BCUT2D eigenvalue weighted by molar-refractivity contribution is 5.96. The van der Waals surface area contributed by atoms with Crippen LogP contribution >= 0.6 is 0 Å². The van der Waals surface area contributed by atoms with Gasteiger partial charge in [-0.25, -0.2) is 10.8 Å². The van der Waals surface area contributed by atoms with E-state index in [0.717, 1.165) is 0 Å². The molecule has 0 radical (unpaired) electrons. The van der Waals surface area contributed by atoms with Crippen molar-refractivity contribution in [3.63, 3.8) is 0 Å². The van der Waals surface area contributed by atoms with Crippen molar-refractivity contribution < 1.29 is 9.59 Å². The molecule has 1 aromatic rings. The molecule has 1 aromatic heterocycles. The second kappa shape index (κ2) is 4.91. The molecule has 7 heteroatoms. The van der Waals surface area contributed by atoms with Crippen LogP contribution in [0, 0.1) is 0 Å². The molecule has 0 aliphatic carbocycles. The van der Waals surface area contributed by atoms with Crippen LogP contribution in [0.4, 0.5) is 5.82 Å². The van der Waals surface area contributed by atoms with Crippen molar-refractivity contribution in [2.75, 3.05) is 12.0 Å². The largest absolute Gasteiger partial charge is 0.368 e. The third-order valence-corrected chi connectivity index (χ3v) is 1.59. The highest BCUT2D eigenvalue weighted by Crippen LogP contribution is 2.04. The van der Waals surface area contributed by atoms with Crippen LogP contribution in [0.3, 0.4) is 0 Å². The van der Waals surface area contributed by atoms with Crippen molar-refractivity contribution in [1.29, 1.82) is 0 Å². The molecule has 0 unspecified atom stereocenters. The van der Waals surface area contributed by atoms with E-state index < -0.39 is 11.8 Å². The van der Waals surface area contributed by atoms with Gasteiger partial charge in [-0.15, -0.1) is 0 Å². The van der Waals surface area contributed by atoms with Gasteiger partial charge in [-0.05, 0) is 12.1 Å². The Morgan fingerprint density at radius 2 is 2.20 bits per heavy atom. The number of nitrogens with zero attached hydrogens (tertiary/aromatic N) is 1. The van der Waals surface area contributed by atoms with Gasteiger partial charge in [0, 0.05) is 11.8 Å². The van der Waals surface area contributed by atoms with Crippen molar-refractivity contribution in [3.8, 4) is 0 Å². The van der Waals surface area contributed by atoms with E-state index in [0.29, 0.717) is 11.4 Å². The molecule has 0 fully saturated rings. The van der Waals surface area contributed by atoms with E-state index in [-0.39, 0.29) is 6.54 Å². The molecule has 0 saturated carbocycles. The average molecular weight is 209 g/mol. The number of anilines is 1. The van der Waals surface area contributed by atoms with E-state index in [1.54, 1.807) is 0 Å². The highest BCUT2D eigenvalue weighted by Gasteiger charge is 2.06. The minimum absolute atomic E-state index is 0.202. The SMILES string of the molecule is NNc1cc(C(=O)NCC(N)=O)ccn1. The lowest BCUT2D eigenvalue weighted by molar-refractivity contribution is -0.117. The molecule has 0 spiro atoms. The quantitative estimate of drug-likeness (QED) is 0.358. The molecular weight excluding hydrogens is 198 g/mol. The summed E-state index contributed by atoms with van der Waals surface area (Å²) in [5.41, 5.74) is 7.53. The molecule has 0 bridgehead atoms. The summed E-state index contributed by atoms with van der Waals surface area (Å²) in [7, 11) is 0. The van der Waals surface area contributed by atoms with Crippen LogP contribution in [0.25, 0.3) is 0 Å². The van der Waals surface area contributed by atoms with Gasteiger partial charge in [-0.3, -0.25) is 9.59 Å². The van der Waals surface area contributed by atoms with E-state index in [2.05, 4.69) is 15.7 Å². The van der Waals surface area contributed by atoms with Gasteiger partial charge in [-0.2, -0.15) is 0 Å². The fraction of sp³-hybridized carbons (Fsp3) is 0.125. The molecule has 6 N–H and O–H groups in total. The summed E-state index contributed by atoms with van der Waals surface area (Å²) in [6.07, 6.45) is 1.42. The van der Waals surface area contributed by atoms with Crippen LogP contribution in [0.1, 0.15) is 10.4 Å². The standard InChI is InChI=1S/C8H11N5O2/c9-6(14)4-12-8(15)5-1-2-11-7(3-5)13-10/h1-3H,4,10H2,(H2,9,14)(H,11,13)(H,12,15). The normalized spacial score (nSPS) is 9.40. The Hall–Kier alpha value is -2.15. The van der Waals surface area contributed by atoms with Gasteiger partial charge in [0.1, 0.15) is 5.82 Å². The second-order valence-corrected chi connectivity index (χ2v) is 2.72. The maximum Gasteiger partial charge on any atom is 0.251 e. The Bertz CT molecular complexity index is 379. The molecule has 1 rings (SSSR count). The Morgan fingerprint density at radius 1 is 1.47 bits per heavy atom. The fourth-order valence-electron chi connectivity index (χ4n) is 0.920. The van der Waals surface area contributed by atoms with Crippen LogP contribution in [-0.2, 0) is 4.79 Å². The van der Waals surface area contributed by atoms with Crippen molar-refractivity contribution in [2.45, 2.75) is 0 Å². The van der Waals surface area contributed by atoms with E-state index >= 15 is 0 Å². The van der Waals surface area contributed by atoms with Crippen molar-refractivity contribution in [1.82, 2.24) is 10.3 Å². The lowest BCUT2D eigenvalue weighted by atomic mass is 10.2. The third kappa shape index (κ3) is 3.24. The van der Waals surface area contributed by atoms with Gasteiger partial charge in [0.25, 0.3) is 5.91 Å². The molecule has 7 nitrogen and oxygen atoms in total. The van der Waals surface area contributed by atoms with Gasteiger partial charge in [0.2, 0.25) is 5.91 Å². The average Bonchev–Trinajstić information content (AvgIpc) is 2.26. The maximum atomic E-state index is 11.4. The number of hydrazine groups is 1. The lowest BCUT2D eigenvalue weighted by Gasteiger charge is -2.04. The van der Waals surface area contributed by atoms with Crippen molar-refractivity contribution >= 4 is 17.6 Å². The molecule has 0 aliphatic rings. The summed E-state index contributed by atoms with van der Waals surface area (Å²) in [5, 5.41) is 2.34. The molecule has 0 aliphatic heterocycles. The molecule has 0 atom stereocenters. The molecule has 0 aromatic carbocycles. The summed E-state index contributed by atoms with van der Waals surface area (Å²) in [4.78, 5) is 25.7. The Balaban J connectivity index is 2.69. The monoisotopic (exact) mass is 209 g/mol. The number of carbonyl (C=O) groups is 2. The summed E-state index contributed by atoms with van der Waals surface area (Å²) < 4.78 is 0. The van der Waals surface area contributed by atoms with Crippen LogP contribution in [0.2, 0.25) is 0 Å². The maximum absolute atomic E-state index is 11.4. The Labute approximate surface area is 85.8 Å². The first kappa shape index (κ1) is 10.9. The van der Waals surface area contributed by atoms with Crippen LogP contribution in [0.15, 0.2) is 18.3 Å². The van der Waals surface area contributed by atoms with E-state index in [9.17, 15) is 9.59 Å². The zero-order chi connectivity index (χ0) is 11.3.